The Labute approximate surface area is 230 Å². The molecule has 4 aromatic rings. The van der Waals surface area contributed by atoms with Crippen molar-refractivity contribution >= 4 is 22.5 Å². The predicted octanol–water partition coefficient (Wildman–Crippen LogP) is 6.16. The molecule has 2 aliphatic rings. The third-order valence-electron chi connectivity index (χ3n) is 8.63. The molecule has 0 spiro atoms. The minimum atomic E-state index is -0.547. The lowest BCUT2D eigenvalue weighted by atomic mass is 9.70. The number of rotatable bonds is 9. The number of nitrogens with one attached hydrogen (secondary N) is 1. The fraction of sp³-hybridized carbons (Fsp3) is 0.324. The Morgan fingerprint density at radius 1 is 0.923 bits per heavy atom. The summed E-state index contributed by atoms with van der Waals surface area (Å²) in [7, 11) is 0. The quantitative estimate of drug-likeness (QED) is 0.270. The Balaban J connectivity index is 1.08. The van der Waals surface area contributed by atoms with E-state index in [1.807, 2.05) is 37.3 Å². The summed E-state index contributed by atoms with van der Waals surface area (Å²) < 4.78 is 0. The zero-order valence-corrected chi connectivity index (χ0v) is 22.5. The van der Waals surface area contributed by atoms with E-state index >= 15 is 0 Å². The van der Waals surface area contributed by atoms with Crippen LogP contribution in [0.3, 0.4) is 0 Å². The molecule has 1 atom stereocenters. The molecule has 198 valence electrons. The summed E-state index contributed by atoms with van der Waals surface area (Å²) in [6.07, 6.45) is 6.00. The summed E-state index contributed by atoms with van der Waals surface area (Å²) in [5.41, 5.74) is 4.69. The molecule has 1 aliphatic carbocycles. The standard InChI is InChI=1S/C34H35N3O2/c1-2-31(38)34(29-15-7-5-13-27(29)28-14-6-8-16-30(28)34)19-9-10-21-37-22-18-25(23-37)36-33(39)32-26-12-4-3-11-24(26)17-20-35-32/h3-8,11-17,20,25H,2,9-10,18-19,21-23H2,1H3,(H,36,39). The van der Waals surface area contributed by atoms with E-state index in [-0.39, 0.29) is 11.9 Å². The van der Waals surface area contributed by atoms with Crippen LogP contribution in [0, 0.1) is 0 Å². The number of hydrogen-bond acceptors (Lipinski definition) is 4. The van der Waals surface area contributed by atoms with Crippen molar-refractivity contribution < 1.29 is 9.59 Å². The number of amides is 1. The van der Waals surface area contributed by atoms with E-state index in [4.69, 9.17) is 0 Å². The molecule has 1 saturated heterocycles. The van der Waals surface area contributed by atoms with Gasteiger partial charge in [-0.25, -0.2) is 0 Å². The first kappa shape index (κ1) is 25.4. The minimum absolute atomic E-state index is 0.0998. The molecule has 3 aromatic carbocycles. The molecule has 39 heavy (non-hydrogen) atoms. The lowest BCUT2D eigenvalue weighted by molar-refractivity contribution is -0.123. The van der Waals surface area contributed by atoms with Crippen molar-refractivity contribution in [3.8, 4) is 11.1 Å². The number of carbonyl (C=O) groups excluding carboxylic acids is 2. The molecular weight excluding hydrogens is 482 g/mol. The van der Waals surface area contributed by atoms with Crippen LogP contribution < -0.4 is 5.32 Å². The van der Waals surface area contributed by atoms with E-state index in [1.165, 1.54) is 22.3 Å². The highest BCUT2D eigenvalue weighted by Gasteiger charge is 2.47. The van der Waals surface area contributed by atoms with Gasteiger partial charge in [-0.15, -0.1) is 0 Å². The molecule has 5 nitrogen and oxygen atoms in total. The van der Waals surface area contributed by atoms with Crippen LogP contribution in [0.5, 0.6) is 0 Å². The van der Waals surface area contributed by atoms with Crippen molar-refractivity contribution in [2.45, 2.75) is 50.5 Å². The van der Waals surface area contributed by atoms with E-state index in [0.717, 1.165) is 56.1 Å². The van der Waals surface area contributed by atoms with Gasteiger partial charge in [0.1, 0.15) is 11.5 Å². The van der Waals surface area contributed by atoms with Crippen molar-refractivity contribution in [2.24, 2.45) is 0 Å². The Morgan fingerprint density at radius 2 is 1.62 bits per heavy atom. The summed E-state index contributed by atoms with van der Waals surface area (Å²) >= 11 is 0. The molecule has 1 aromatic heterocycles. The summed E-state index contributed by atoms with van der Waals surface area (Å²) in [5, 5.41) is 5.13. The average Bonchev–Trinajstić information content (AvgIpc) is 3.55. The molecule has 1 aliphatic heterocycles. The van der Waals surface area contributed by atoms with E-state index < -0.39 is 5.41 Å². The largest absolute Gasteiger partial charge is 0.347 e. The second kappa shape index (κ2) is 10.7. The molecule has 1 amide bonds. The SMILES string of the molecule is CCC(=O)C1(CCCCN2CCC(NC(=O)c3nccc4ccccc34)C2)c2ccccc2-c2ccccc21. The number of unbranched alkanes of at least 4 members (excludes halogenated alkanes) is 1. The van der Waals surface area contributed by atoms with Gasteiger partial charge in [-0.2, -0.15) is 0 Å². The van der Waals surface area contributed by atoms with E-state index in [9.17, 15) is 9.59 Å². The molecule has 6 rings (SSSR count). The van der Waals surface area contributed by atoms with Gasteiger partial charge in [-0.05, 0) is 59.5 Å². The van der Waals surface area contributed by atoms with Gasteiger partial charge >= 0.3 is 0 Å². The topological polar surface area (TPSA) is 62.3 Å². The summed E-state index contributed by atoms with van der Waals surface area (Å²) in [5.74, 6) is 0.211. The Morgan fingerprint density at radius 3 is 2.36 bits per heavy atom. The van der Waals surface area contributed by atoms with Crippen molar-refractivity contribution in [1.29, 1.82) is 0 Å². The Hall–Kier alpha value is -3.83. The predicted molar refractivity (Wildman–Crippen MR) is 156 cm³/mol. The first-order chi connectivity index (χ1) is 19.1. The second-order valence-corrected chi connectivity index (χ2v) is 10.9. The molecular formula is C34H35N3O2. The smallest absolute Gasteiger partial charge is 0.270 e. The lowest BCUT2D eigenvalue weighted by Crippen LogP contribution is -2.38. The van der Waals surface area contributed by atoms with Gasteiger partial charge < -0.3 is 10.2 Å². The third-order valence-corrected chi connectivity index (χ3v) is 8.63. The van der Waals surface area contributed by atoms with Gasteiger partial charge in [0, 0.05) is 37.1 Å². The maximum atomic E-state index is 13.6. The van der Waals surface area contributed by atoms with Crippen molar-refractivity contribution in [3.63, 3.8) is 0 Å². The van der Waals surface area contributed by atoms with E-state index in [2.05, 4.69) is 63.7 Å². The van der Waals surface area contributed by atoms with E-state index in [1.54, 1.807) is 6.20 Å². The molecule has 0 bridgehead atoms. The molecule has 5 heteroatoms. The highest BCUT2D eigenvalue weighted by molar-refractivity contribution is 6.05. The van der Waals surface area contributed by atoms with Crippen LogP contribution in [0.15, 0.2) is 85.1 Å². The molecule has 0 saturated carbocycles. The number of carbonyl (C=O) groups is 2. The number of aromatic nitrogens is 1. The van der Waals surface area contributed by atoms with Gasteiger partial charge in [-0.3, -0.25) is 14.6 Å². The monoisotopic (exact) mass is 517 g/mol. The zero-order chi connectivity index (χ0) is 26.8. The number of hydrogen-bond donors (Lipinski definition) is 1. The van der Waals surface area contributed by atoms with Gasteiger partial charge in [0.05, 0.1) is 5.41 Å². The number of Topliss-reactive ketones (excluding diaryl/α,β-unsaturated/α-hetero) is 1. The maximum absolute atomic E-state index is 13.6. The van der Waals surface area contributed by atoms with Crippen molar-refractivity contribution in [1.82, 2.24) is 15.2 Å². The average molecular weight is 518 g/mol. The number of fused-ring (bicyclic) bond motifs is 4. The number of nitrogens with zero attached hydrogens (tertiary/aromatic N) is 2. The van der Waals surface area contributed by atoms with Crippen LogP contribution in [-0.2, 0) is 10.2 Å². The highest BCUT2D eigenvalue weighted by Crippen LogP contribution is 2.52. The lowest BCUT2D eigenvalue weighted by Gasteiger charge is -2.31. The fourth-order valence-electron chi connectivity index (χ4n) is 6.77. The summed E-state index contributed by atoms with van der Waals surface area (Å²) in [6, 6.07) is 26.8. The maximum Gasteiger partial charge on any atom is 0.270 e. The number of likely N-dealkylation sites (tertiary alicyclic amines) is 1. The van der Waals surface area contributed by atoms with Crippen molar-refractivity contribution in [2.75, 3.05) is 19.6 Å². The minimum Gasteiger partial charge on any atom is -0.347 e. The van der Waals surface area contributed by atoms with Crippen molar-refractivity contribution in [3.05, 3.63) is 102 Å². The zero-order valence-electron chi connectivity index (χ0n) is 22.5. The van der Waals surface area contributed by atoms with Gasteiger partial charge in [0.2, 0.25) is 0 Å². The fourth-order valence-corrected chi connectivity index (χ4v) is 6.77. The number of ketones is 1. The molecule has 1 unspecified atom stereocenters. The molecule has 1 fully saturated rings. The van der Waals surface area contributed by atoms with Crippen LogP contribution >= 0.6 is 0 Å². The van der Waals surface area contributed by atoms with Crippen LogP contribution in [0.1, 0.15) is 60.6 Å². The van der Waals surface area contributed by atoms with Gasteiger partial charge in [0.15, 0.2) is 0 Å². The van der Waals surface area contributed by atoms with Crippen LogP contribution in [0.25, 0.3) is 21.9 Å². The first-order valence-corrected chi connectivity index (χ1v) is 14.2. The number of benzene rings is 3. The van der Waals surface area contributed by atoms with Crippen LogP contribution in [0.4, 0.5) is 0 Å². The molecule has 0 radical (unpaired) electrons. The normalized spacial score (nSPS) is 17.6. The summed E-state index contributed by atoms with van der Waals surface area (Å²) in [4.78, 5) is 33.4. The first-order valence-electron chi connectivity index (χ1n) is 14.2. The molecule has 1 N–H and O–H groups in total. The van der Waals surface area contributed by atoms with Crippen LogP contribution in [-0.4, -0.2) is 47.3 Å². The highest BCUT2D eigenvalue weighted by atomic mass is 16.2. The van der Waals surface area contributed by atoms with E-state index in [0.29, 0.717) is 17.9 Å². The third kappa shape index (κ3) is 4.55. The Bertz CT molecular complexity index is 1480. The summed E-state index contributed by atoms with van der Waals surface area (Å²) in [6.45, 7) is 4.78. The second-order valence-electron chi connectivity index (χ2n) is 10.9. The van der Waals surface area contributed by atoms with Gasteiger partial charge in [0.25, 0.3) is 5.91 Å². The number of pyridine rings is 1. The molecule has 2 heterocycles. The van der Waals surface area contributed by atoms with Crippen LogP contribution in [0.2, 0.25) is 0 Å². The Kier molecular flexibility index (Phi) is 7.01. The van der Waals surface area contributed by atoms with Gasteiger partial charge in [-0.1, -0.05) is 86.1 Å².